The van der Waals surface area contributed by atoms with Gasteiger partial charge < -0.3 is 30.0 Å². The van der Waals surface area contributed by atoms with Gasteiger partial charge in [0.25, 0.3) is 0 Å². The molecule has 0 bridgehead atoms. The summed E-state index contributed by atoms with van der Waals surface area (Å²) in [5.41, 5.74) is 6.33. The van der Waals surface area contributed by atoms with E-state index in [-0.39, 0.29) is 5.56 Å². The van der Waals surface area contributed by atoms with Crippen molar-refractivity contribution in [3.63, 3.8) is 0 Å². The highest BCUT2D eigenvalue weighted by Gasteiger charge is 2.17. The Balaban J connectivity index is 0.000000228. The van der Waals surface area contributed by atoms with Gasteiger partial charge in [-0.05, 0) is 70.0 Å². The van der Waals surface area contributed by atoms with Crippen LogP contribution in [0.15, 0.2) is 109 Å². The highest BCUT2D eigenvalue weighted by molar-refractivity contribution is 5.92. The fourth-order valence-electron chi connectivity index (χ4n) is 5.73. The third kappa shape index (κ3) is 13.6. The minimum Gasteiger partial charge on any atom is -0.478 e. The molecule has 0 aliphatic carbocycles. The summed E-state index contributed by atoms with van der Waals surface area (Å²) in [6.07, 6.45) is 7.59. The number of aryl methyl sites for hydroxylation is 4. The Morgan fingerprint density at radius 1 is 0.567 bits per heavy atom. The third-order valence-electron chi connectivity index (χ3n) is 8.52. The second-order valence-electron chi connectivity index (χ2n) is 13.1. The number of nitrogens with one attached hydrogen (secondary N) is 2. The molecule has 0 aliphatic heterocycles. The van der Waals surface area contributed by atoms with E-state index in [1.165, 1.54) is 0 Å². The molecule has 0 saturated heterocycles. The van der Waals surface area contributed by atoms with Crippen molar-refractivity contribution >= 4 is 36.0 Å². The molecule has 0 atom stereocenters. The van der Waals surface area contributed by atoms with Crippen LogP contribution in [0, 0.1) is 27.7 Å². The van der Waals surface area contributed by atoms with Crippen LogP contribution in [0.1, 0.15) is 72.9 Å². The second-order valence-corrected chi connectivity index (χ2v) is 13.1. The molecule has 6 aromatic rings. The van der Waals surface area contributed by atoms with E-state index in [0.717, 1.165) is 22.5 Å². The largest absolute Gasteiger partial charge is 0.478 e. The van der Waals surface area contributed by atoms with E-state index < -0.39 is 11.9 Å². The van der Waals surface area contributed by atoms with E-state index in [1.54, 1.807) is 34.6 Å². The van der Waals surface area contributed by atoms with Crippen LogP contribution in [-0.4, -0.2) is 66.6 Å². The molecule has 308 valence electrons. The van der Waals surface area contributed by atoms with E-state index in [2.05, 4.69) is 40.5 Å². The van der Waals surface area contributed by atoms with Gasteiger partial charge in [-0.1, -0.05) is 84.9 Å². The zero-order chi connectivity index (χ0) is 42.7. The molecule has 0 fully saturated rings. The number of nitrogens with zero attached hydrogens (tertiary/aromatic N) is 6. The minimum atomic E-state index is -1.02. The molecule has 0 aliphatic rings. The van der Waals surface area contributed by atoms with Crippen molar-refractivity contribution in [3.05, 3.63) is 166 Å². The summed E-state index contributed by atoms with van der Waals surface area (Å²) >= 11 is 0. The van der Waals surface area contributed by atoms with E-state index in [1.807, 2.05) is 121 Å². The molecule has 0 radical (unpaired) electrons. The SMILES string of the molecule is CCOC(=O)c1c(C)nc(NC/C=C/c2cccc(OCc3ccccc3)n2)nc1C.Cc1nc(NC/C=C/c2cccc(OCc3ccccc3)n2)nc(C)c1C(=O)O. The molecule has 4 heterocycles. The topological polar surface area (TPSA) is 183 Å². The van der Waals surface area contributed by atoms with Crippen molar-refractivity contribution in [1.29, 1.82) is 0 Å². The first-order valence-corrected chi connectivity index (χ1v) is 19.3. The van der Waals surface area contributed by atoms with Crippen molar-refractivity contribution in [2.24, 2.45) is 0 Å². The summed E-state index contributed by atoms with van der Waals surface area (Å²) in [6.45, 7) is 10.9. The van der Waals surface area contributed by atoms with Crippen LogP contribution in [0.25, 0.3) is 12.2 Å². The Morgan fingerprint density at radius 2 is 0.983 bits per heavy atom. The van der Waals surface area contributed by atoms with Gasteiger partial charge in [0.2, 0.25) is 23.7 Å². The maximum atomic E-state index is 12.0. The van der Waals surface area contributed by atoms with Crippen LogP contribution in [0.2, 0.25) is 0 Å². The van der Waals surface area contributed by atoms with Gasteiger partial charge in [-0.25, -0.2) is 39.5 Å². The van der Waals surface area contributed by atoms with Crippen LogP contribution in [0.3, 0.4) is 0 Å². The van der Waals surface area contributed by atoms with Crippen molar-refractivity contribution in [2.45, 2.75) is 47.8 Å². The zero-order valence-electron chi connectivity index (χ0n) is 34.3. The van der Waals surface area contributed by atoms with Crippen LogP contribution >= 0.6 is 0 Å². The van der Waals surface area contributed by atoms with Crippen LogP contribution in [-0.2, 0) is 18.0 Å². The number of hydrogen-bond donors (Lipinski definition) is 3. The van der Waals surface area contributed by atoms with E-state index in [4.69, 9.17) is 14.2 Å². The van der Waals surface area contributed by atoms with Crippen molar-refractivity contribution < 1.29 is 28.9 Å². The minimum absolute atomic E-state index is 0.141. The van der Waals surface area contributed by atoms with Gasteiger partial charge in [0.1, 0.15) is 24.3 Å². The smallest absolute Gasteiger partial charge is 0.341 e. The quantitative estimate of drug-likeness (QED) is 0.0749. The second kappa shape index (κ2) is 22.5. The van der Waals surface area contributed by atoms with Gasteiger partial charge in [-0.15, -0.1) is 0 Å². The molecule has 2 aromatic carbocycles. The normalized spacial score (nSPS) is 10.8. The van der Waals surface area contributed by atoms with Gasteiger partial charge in [0, 0.05) is 25.2 Å². The number of carbonyl (C=O) groups is 2. The first kappa shape index (κ1) is 43.6. The molecule has 6 rings (SSSR count). The zero-order valence-corrected chi connectivity index (χ0v) is 34.3. The summed E-state index contributed by atoms with van der Waals surface area (Å²) in [7, 11) is 0. The Hall–Kier alpha value is -7.48. The standard InChI is InChI=1S/C24H26N4O3.C22H22N4O3/c1-4-30-23(29)22-17(2)26-24(27-18(22)3)25-15-9-13-20-12-8-14-21(28-20)31-16-19-10-6-5-7-11-19;1-15-20(21(27)28)16(2)25-22(24-15)23-13-7-11-18-10-6-12-19(26-18)29-14-17-8-4-3-5-9-17/h5-14H,4,15-16H2,1-3H3,(H,25,26,27);3-12H,13-14H2,1-2H3,(H,27,28)(H,23,24,25)/b13-9+;11-7+. The molecular weight excluding hydrogens is 761 g/mol. The van der Waals surface area contributed by atoms with Crippen LogP contribution in [0.5, 0.6) is 11.8 Å². The molecule has 0 unspecified atom stereocenters. The third-order valence-corrected chi connectivity index (χ3v) is 8.52. The average Bonchev–Trinajstić information content (AvgIpc) is 3.23. The van der Waals surface area contributed by atoms with Gasteiger partial charge in [0.05, 0.1) is 40.8 Å². The predicted octanol–water partition coefficient (Wildman–Crippen LogP) is 8.26. The Bertz CT molecular complexity index is 2360. The highest BCUT2D eigenvalue weighted by atomic mass is 16.5. The van der Waals surface area contributed by atoms with Crippen LogP contribution < -0.4 is 20.1 Å². The Labute approximate surface area is 349 Å². The molecule has 14 nitrogen and oxygen atoms in total. The summed E-state index contributed by atoms with van der Waals surface area (Å²) < 4.78 is 16.6. The molecule has 3 N–H and O–H groups in total. The number of anilines is 2. The van der Waals surface area contributed by atoms with E-state index in [9.17, 15) is 14.7 Å². The summed E-state index contributed by atoms with van der Waals surface area (Å²) in [5, 5.41) is 15.4. The van der Waals surface area contributed by atoms with E-state index in [0.29, 0.717) is 84.9 Å². The first-order chi connectivity index (χ1) is 29.1. The lowest BCUT2D eigenvalue weighted by molar-refractivity contribution is 0.0523. The molecule has 0 amide bonds. The molecule has 4 aromatic heterocycles. The Morgan fingerprint density at radius 3 is 1.38 bits per heavy atom. The maximum Gasteiger partial charge on any atom is 0.341 e. The number of ether oxygens (including phenoxy) is 3. The molecular formula is C46H48N8O6. The van der Waals surface area contributed by atoms with Crippen molar-refractivity contribution in [2.75, 3.05) is 30.3 Å². The number of benzene rings is 2. The number of esters is 1. The number of pyridine rings is 2. The molecule has 0 spiro atoms. The van der Waals surface area contributed by atoms with Gasteiger partial charge >= 0.3 is 11.9 Å². The van der Waals surface area contributed by atoms with Gasteiger partial charge in [0.15, 0.2) is 0 Å². The predicted molar refractivity (Wildman–Crippen MR) is 231 cm³/mol. The number of carboxylic acid groups (broad SMARTS) is 1. The van der Waals surface area contributed by atoms with Crippen molar-refractivity contribution in [3.8, 4) is 11.8 Å². The summed E-state index contributed by atoms with van der Waals surface area (Å²) in [6, 6.07) is 31.1. The molecule has 60 heavy (non-hydrogen) atoms. The number of hydrogen-bond acceptors (Lipinski definition) is 13. The first-order valence-electron chi connectivity index (χ1n) is 19.3. The molecule has 0 saturated carbocycles. The Kier molecular flexibility index (Phi) is 16.3. The summed E-state index contributed by atoms with van der Waals surface area (Å²) in [5.74, 6) is 0.560. The monoisotopic (exact) mass is 808 g/mol. The average molecular weight is 809 g/mol. The maximum absolute atomic E-state index is 12.0. The number of aromatic carboxylic acids is 1. The number of carbonyl (C=O) groups excluding carboxylic acids is 1. The van der Waals surface area contributed by atoms with Gasteiger partial charge in [-0.3, -0.25) is 0 Å². The number of carboxylic acids is 1. The lowest BCUT2D eigenvalue weighted by Gasteiger charge is -2.10. The summed E-state index contributed by atoms with van der Waals surface area (Å²) in [4.78, 5) is 49.3. The van der Waals surface area contributed by atoms with Crippen LogP contribution in [0.4, 0.5) is 11.9 Å². The lowest BCUT2D eigenvalue weighted by Crippen LogP contribution is -2.14. The molecule has 14 heteroatoms. The van der Waals surface area contributed by atoms with Gasteiger partial charge in [-0.2, -0.15) is 0 Å². The highest BCUT2D eigenvalue weighted by Crippen LogP contribution is 2.16. The number of rotatable bonds is 17. The lowest BCUT2D eigenvalue weighted by atomic mass is 10.2. The van der Waals surface area contributed by atoms with E-state index >= 15 is 0 Å². The number of aromatic nitrogens is 6. The van der Waals surface area contributed by atoms with Crippen molar-refractivity contribution in [1.82, 2.24) is 29.9 Å². The fraction of sp³-hybridized carbons (Fsp3) is 0.217. The fourth-order valence-corrected chi connectivity index (χ4v) is 5.73.